The first-order chi connectivity index (χ1) is 13.6. The van der Waals surface area contributed by atoms with Gasteiger partial charge in [-0.05, 0) is 57.3 Å². The number of nitrogens with zero attached hydrogens (tertiary/aromatic N) is 3. The highest BCUT2D eigenvalue weighted by Crippen LogP contribution is 2.24. The molecule has 0 aromatic heterocycles. The number of guanidine groups is 1. The third kappa shape index (κ3) is 6.94. The van der Waals surface area contributed by atoms with Crippen LogP contribution in [0.3, 0.4) is 0 Å². The maximum absolute atomic E-state index is 14.1. The number of rotatable bonds is 6. The standard InChI is InChI=1S/C21H33F2N5.HI/c1-3-24-21(25-13-16-6-5-10-27(4-2)14-16)26-18-9-11-28(15-18)20-8-7-17(22)12-19(20)23;/h7-8,12,16,18H,3-6,9-11,13-15H2,1-2H3,(H2,24,25,26);1H. The summed E-state index contributed by atoms with van der Waals surface area (Å²) in [6.07, 6.45) is 3.38. The van der Waals surface area contributed by atoms with Crippen molar-refractivity contribution in [3.63, 3.8) is 0 Å². The van der Waals surface area contributed by atoms with Crippen molar-refractivity contribution in [2.45, 2.75) is 39.2 Å². The van der Waals surface area contributed by atoms with E-state index in [-0.39, 0.29) is 30.0 Å². The van der Waals surface area contributed by atoms with Crippen LogP contribution < -0.4 is 15.5 Å². The lowest BCUT2D eigenvalue weighted by atomic mass is 9.98. The van der Waals surface area contributed by atoms with Crippen LogP contribution in [0, 0.1) is 17.6 Å². The van der Waals surface area contributed by atoms with Crippen molar-refractivity contribution in [1.82, 2.24) is 15.5 Å². The van der Waals surface area contributed by atoms with Gasteiger partial charge in [-0.2, -0.15) is 0 Å². The van der Waals surface area contributed by atoms with Gasteiger partial charge in [0.05, 0.1) is 5.69 Å². The molecule has 0 amide bonds. The van der Waals surface area contributed by atoms with Crippen molar-refractivity contribution >= 4 is 35.6 Å². The summed E-state index contributed by atoms with van der Waals surface area (Å²) in [6, 6.07) is 3.98. The largest absolute Gasteiger partial charge is 0.367 e. The zero-order chi connectivity index (χ0) is 19.9. The third-order valence-corrected chi connectivity index (χ3v) is 5.68. The van der Waals surface area contributed by atoms with Crippen molar-refractivity contribution in [3.05, 3.63) is 29.8 Å². The normalized spacial score (nSPS) is 23.0. The van der Waals surface area contributed by atoms with Gasteiger partial charge in [0, 0.05) is 44.8 Å². The Morgan fingerprint density at radius 3 is 2.72 bits per heavy atom. The lowest BCUT2D eigenvalue weighted by Crippen LogP contribution is -2.45. The Morgan fingerprint density at radius 2 is 2.00 bits per heavy atom. The first kappa shape index (κ1) is 24.1. The number of piperidine rings is 1. The summed E-state index contributed by atoms with van der Waals surface area (Å²) < 4.78 is 27.2. The summed E-state index contributed by atoms with van der Waals surface area (Å²) in [6.45, 7) is 10.8. The number of halogens is 3. The fourth-order valence-electron chi connectivity index (χ4n) is 4.16. The topological polar surface area (TPSA) is 42.9 Å². The Kier molecular flexibility index (Phi) is 9.88. The fourth-order valence-corrected chi connectivity index (χ4v) is 4.16. The van der Waals surface area contributed by atoms with Crippen LogP contribution in [0.15, 0.2) is 23.2 Å². The van der Waals surface area contributed by atoms with Crippen LogP contribution in [0.2, 0.25) is 0 Å². The minimum Gasteiger partial charge on any atom is -0.367 e. The van der Waals surface area contributed by atoms with Crippen LogP contribution in [-0.4, -0.2) is 62.7 Å². The summed E-state index contributed by atoms with van der Waals surface area (Å²) in [5.74, 6) is 0.403. The Balaban J connectivity index is 0.00000300. The number of hydrogen-bond donors (Lipinski definition) is 2. The van der Waals surface area contributed by atoms with E-state index in [1.54, 1.807) is 0 Å². The highest BCUT2D eigenvalue weighted by atomic mass is 127. The summed E-state index contributed by atoms with van der Waals surface area (Å²) in [5, 5.41) is 6.83. The molecule has 3 rings (SSSR count). The third-order valence-electron chi connectivity index (χ3n) is 5.68. The molecule has 1 aromatic rings. The van der Waals surface area contributed by atoms with Gasteiger partial charge in [0.1, 0.15) is 11.6 Å². The Labute approximate surface area is 190 Å². The molecule has 2 unspecified atom stereocenters. The molecule has 164 valence electrons. The number of benzene rings is 1. The summed E-state index contributed by atoms with van der Waals surface area (Å²) in [4.78, 5) is 9.29. The molecule has 0 bridgehead atoms. The molecule has 0 aliphatic carbocycles. The minimum absolute atomic E-state index is 0. The van der Waals surface area contributed by atoms with Crippen LogP contribution in [0.4, 0.5) is 14.5 Å². The zero-order valence-electron chi connectivity index (χ0n) is 17.5. The summed E-state index contributed by atoms with van der Waals surface area (Å²) in [5.41, 5.74) is 0.467. The molecule has 2 saturated heterocycles. The molecule has 5 nitrogen and oxygen atoms in total. The van der Waals surface area contributed by atoms with Gasteiger partial charge in [-0.3, -0.25) is 4.99 Å². The van der Waals surface area contributed by atoms with Gasteiger partial charge in [-0.15, -0.1) is 24.0 Å². The molecular weight excluding hydrogens is 487 g/mol. The second-order valence-electron chi connectivity index (χ2n) is 7.79. The van der Waals surface area contributed by atoms with Gasteiger partial charge in [-0.25, -0.2) is 8.78 Å². The molecule has 29 heavy (non-hydrogen) atoms. The van der Waals surface area contributed by atoms with Crippen LogP contribution >= 0.6 is 24.0 Å². The van der Waals surface area contributed by atoms with Crippen LogP contribution in [0.1, 0.15) is 33.1 Å². The number of nitrogens with one attached hydrogen (secondary N) is 2. The predicted molar refractivity (Wildman–Crippen MR) is 126 cm³/mol. The smallest absolute Gasteiger partial charge is 0.191 e. The average molecular weight is 521 g/mol. The van der Waals surface area contributed by atoms with E-state index >= 15 is 0 Å². The van der Waals surface area contributed by atoms with Crippen LogP contribution in [0.5, 0.6) is 0 Å². The molecule has 2 heterocycles. The van der Waals surface area contributed by atoms with Crippen LogP contribution in [-0.2, 0) is 0 Å². The van der Waals surface area contributed by atoms with Gasteiger partial charge in [0.15, 0.2) is 5.96 Å². The van der Waals surface area contributed by atoms with E-state index in [2.05, 4.69) is 29.4 Å². The molecule has 1 aromatic carbocycles. The van der Waals surface area contributed by atoms with Crippen LogP contribution in [0.25, 0.3) is 0 Å². The highest BCUT2D eigenvalue weighted by molar-refractivity contribution is 14.0. The second kappa shape index (κ2) is 11.9. The van der Waals surface area contributed by atoms with Crippen molar-refractivity contribution in [2.24, 2.45) is 10.9 Å². The maximum Gasteiger partial charge on any atom is 0.191 e. The van der Waals surface area contributed by atoms with E-state index in [0.717, 1.165) is 51.2 Å². The molecule has 2 atom stereocenters. The van der Waals surface area contributed by atoms with Gasteiger partial charge in [0.25, 0.3) is 0 Å². The van der Waals surface area contributed by atoms with Crippen molar-refractivity contribution in [1.29, 1.82) is 0 Å². The predicted octanol–water partition coefficient (Wildman–Crippen LogP) is 3.45. The molecule has 2 aliphatic rings. The average Bonchev–Trinajstić information content (AvgIpc) is 3.14. The lowest BCUT2D eigenvalue weighted by molar-refractivity contribution is 0.186. The second-order valence-corrected chi connectivity index (χ2v) is 7.79. The molecule has 0 saturated carbocycles. The highest BCUT2D eigenvalue weighted by Gasteiger charge is 2.25. The van der Waals surface area contributed by atoms with Crippen molar-refractivity contribution in [2.75, 3.05) is 50.7 Å². The molecule has 8 heteroatoms. The minimum atomic E-state index is -0.541. The first-order valence-corrected chi connectivity index (χ1v) is 10.6. The molecule has 0 radical (unpaired) electrons. The van der Waals surface area contributed by atoms with Crippen molar-refractivity contribution in [3.8, 4) is 0 Å². The molecule has 2 aliphatic heterocycles. The zero-order valence-corrected chi connectivity index (χ0v) is 19.8. The Morgan fingerprint density at radius 1 is 1.17 bits per heavy atom. The van der Waals surface area contributed by atoms with E-state index in [4.69, 9.17) is 4.99 Å². The molecule has 2 N–H and O–H groups in total. The van der Waals surface area contributed by atoms with E-state index in [1.807, 2.05) is 4.90 Å². The van der Waals surface area contributed by atoms with E-state index in [1.165, 1.54) is 31.5 Å². The van der Waals surface area contributed by atoms with Gasteiger partial charge >= 0.3 is 0 Å². The molecule has 0 spiro atoms. The van der Waals surface area contributed by atoms with Gasteiger partial charge < -0.3 is 20.4 Å². The number of anilines is 1. The maximum atomic E-state index is 14.1. The Hall–Kier alpha value is -1.16. The fraction of sp³-hybridized carbons (Fsp3) is 0.667. The van der Waals surface area contributed by atoms with E-state index < -0.39 is 11.6 Å². The summed E-state index contributed by atoms with van der Waals surface area (Å²) in [7, 11) is 0. The first-order valence-electron chi connectivity index (χ1n) is 10.6. The van der Waals surface area contributed by atoms with E-state index in [0.29, 0.717) is 18.2 Å². The van der Waals surface area contributed by atoms with Crippen molar-refractivity contribution < 1.29 is 8.78 Å². The number of aliphatic imine (C=N–C) groups is 1. The monoisotopic (exact) mass is 521 g/mol. The quantitative estimate of drug-likeness (QED) is 0.342. The molecule has 2 fully saturated rings. The molecular formula is C21H34F2IN5. The number of likely N-dealkylation sites (tertiary alicyclic amines) is 1. The number of hydrogen-bond acceptors (Lipinski definition) is 3. The van der Waals surface area contributed by atoms with E-state index in [9.17, 15) is 8.78 Å². The van der Waals surface area contributed by atoms with Gasteiger partial charge in [-0.1, -0.05) is 6.92 Å². The lowest BCUT2D eigenvalue weighted by Gasteiger charge is -2.31. The van der Waals surface area contributed by atoms with Gasteiger partial charge in [0.2, 0.25) is 0 Å². The SMILES string of the molecule is CCNC(=NCC1CCCN(CC)C1)NC1CCN(c2ccc(F)cc2F)C1.I. The Bertz CT molecular complexity index is 672. The summed E-state index contributed by atoms with van der Waals surface area (Å²) >= 11 is 0.